The van der Waals surface area contributed by atoms with Gasteiger partial charge in [-0.3, -0.25) is 4.79 Å². The summed E-state index contributed by atoms with van der Waals surface area (Å²) in [5, 5.41) is 4.40. The van der Waals surface area contributed by atoms with Crippen LogP contribution in [0, 0.1) is 5.92 Å². The maximum absolute atomic E-state index is 12.7. The summed E-state index contributed by atoms with van der Waals surface area (Å²) in [7, 11) is 0. The van der Waals surface area contributed by atoms with Crippen LogP contribution < -0.4 is 5.32 Å². The number of rotatable bonds is 5. The monoisotopic (exact) mass is 328 g/mol. The Kier molecular flexibility index (Phi) is 6.34. The SMILES string of the molecule is CCCN(CC1CCCNC1)C(=O)c1cc(Cl)cc(Cl)c1. The van der Waals surface area contributed by atoms with E-state index in [9.17, 15) is 4.79 Å². The van der Waals surface area contributed by atoms with E-state index in [0.717, 1.165) is 32.6 Å². The summed E-state index contributed by atoms with van der Waals surface area (Å²) in [5.41, 5.74) is 0.574. The minimum absolute atomic E-state index is 0.0202. The van der Waals surface area contributed by atoms with Gasteiger partial charge in [-0.15, -0.1) is 0 Å². The van der Waals surface area contributed by atoms with Gasteiger partial charge in [0.05, 0.1) is 0 Å². The third-order valence-electron chi connectivity index (χ3n) is 3.77. The molecule has 1 saturated heterocycles. The Morgan fingerprint density at radius 2 is 2.05 bits per heavy atom. The molecule has 1 heterocycles. The molecule has 3 nitrogen and oxygen atoms in total. The van der Waals surface area contributed by atoms with Crippen LogP contribution in [0.3, 0.4) is 0 Å². The van der Waals surface area contributed by atoms with Crippen LogP contribution >= 0.6 is 23.2 Å². The molecule has 5 heteroatoms. The number of halogens is 2. The zero-order valence-electron chi connectivity index (χ0n) is 12.4. The molecule has 1 aromatic rings. The number of piperidine rings is 1. The number of hydrogen-bond donors (Lipinski definition) is 1. The van der Waals surface area contributed by atoms with Gasteiger partial charge in [0.1, 0.15) is 0 Å². The third-order valence-corrected chi connectivity index (χ3v) is 4.20. The second-order valence-corrected chi connectivity index (χ2v) is 6.49. The lowest BCUT2D eigenvalue weighted by Crippen LogP contribution is -2.41. The molecular formula is C16H22Cl2N2O. The Labute approximate surface area is 136 Å². The number of nitrogens with zero attached hydrogens (tertiary/aromatic N) is 1. The summed E-state index contributed by atoms with van der Waals surface area (Å²) in [6, 6.07) is 5.03. The molecule has 1 N–H and O–H groups in total. The lowest BCUT2D eigenvalue weighted by molar-refractivity contribution is 0.0719. The Balaban J connectivity index is 2.10. The van der Waals surface area contributed by atoms with Gasteiger partial charge in [0, 0.05) is 28.7 Å². The molecule has 1 amide bonds. The Morgan fingerprint density at radius 1 is 1.33 bits per heavy atom. The van der Waals surface area contributed by atoms with Crippen molar-refractivity contribution in [2.24, 2.45) is 5.92 Å². The van der Waals surface area contributed by atoms with E-state index in [1.165, 1.54) is 12.8 Å². The Morgan fingerprint density at radius 3 is 2.62 bits per heavy atom. The van der Waals surface area contributed by atoms with Crippen LogP contribution in [-0.4, -0.2) is 37.0 Å². The number of benzene rings is 1. The lowest BCUT2D eigenvalue weighted by atomic mass is 9.98. The summed E-state index contributed by atoms with van der Waals surface area (Å²) in [6.45, 7) is 5.72. The molecule has 0 saturated carbocycles. The molecule has 116 valence electrons. The van der Waals surface area contributed by atoms with Crippen molar-refractivity contribution in [1.82, 2.24) is 10.2 Å². The molecule has 1 fully saturated rings. The van der Waals surface area contributed by atoms with Crippen LogP contribution in [0.25, 0.3) is 0 Å². The van der Waals surface area contributed by atoms with E-state index < -0.39 is 0 Å². The highest BCUT2D eigenvalue weighted by Crippen LogP contribution is 2.21. The van der Waals surface area contributed by atoms with Crippen LogP contribution in [0.5, 0.6) is 0 Å². The van der Waals surface area contributed by atoms with Gasteiger partial charge in [0.25, 0.3) is 5.91 Å². The first-order chi connectivity index (χ1) is 10.1. The average molecular weight is 329 g/mol. The van der Waals surface area contributed by atoms with Crippen molar-refractivity contribution < 1.29 is 4.79 Å². The van der Waals surface area contributed by atoms with Crippen LogP contribution in [-0.2, 0) is 0 Å². The second kappa shape index (κ2) is 8.02. The molecule has 1 aliphatic heterocycles. The van der Waals surface area contributed by atoms with Gasteiger partial charge in [0.15, 0.2) is 0 Å². The first-order valence-corrected chi connectivity index (χ1v) is 8.32. The van der Waals surface area contributed by atoms with Crippen LogP contribution in [0.2, 0.25) is 10.0 Å². The molecule has 0 aliphatic carbocycles. The van der Waals surface area contributed by atoms with Gasteiger partial charge < -0.3 is 10.2 Å². The number of amides is 1. The molecule has 1 aromatic carbocycles. The van der Waals surface area contributed by atoms with E-state index >= 15 is 0 Å². The van der Waals surface area contributed by atoms with Crippen molar-refractivity contribution in [3.63, 3.8) is 0 Å². The quantitative estimate of drug-likeness (QED) is 0.890. The molecule has 21 heavy (non-hydrogen) atoms. The summed E-state index contributed by atoms with van der Waals surface area (Å²) in [4.78, 5) is 14.6. The van der Waals surface area contributed by atoms with Gasteiger partial charge in [0.2, 0.25) is 0 Å². The fourth-order valence-corrected chi connectivity index (χ4v) is 3.32. The fraction of sp³-hybridized carbons (Fsp3) is 0.562. The van der Waals surface area contributed by atoms with Crippen molar-refractivity contribution >= 4 is 29.1 Å². The highest BCUT2D eigenvalue weighted by atomic mass is 35.5. The lowest BCUT2D eigenvalue weighted by Gasteiger charge is -2.30. The maximum Gasteiger partial charge on any atom is 0.253 e. The summed E-state index contributed by atoms with van der Waals surface area (Å²) in [6.07, 6.45) is 3.30. The van der Waals surface area contributed by atoms with E-state index in [1.807, 2.05) is 4.90 Å². The third kappa shape index (κ3) is 4.87. The average Bonchev–Trinajstić information content (AvgIpc) is 2.46. The van der Waals surface area contributed by atoms with E-state index in [2.05, 4.69) is 12.2 Å². The smallest absolute Gasteiger partial charge is 0.253 e. The number of carbonyl (C=O) groups is 1. The van der Waals surface area contributed by atoms with E-state index in [1.54, 1.807) is 18.2 Å². The van der Waals surface area contributed by atoms with Crippen molar-refractivity contribution in [2.45, 2.75) is 26.2 Å². The second-order valence-electron chi connectivity index (χ2n) is 5.62. The first-order valence-electron chi connectivity index (χ1n) is 7.56. The van der Waals surface area contributed by atoms with Crippen molar-refractivity contribution in [1.29, 1.82) is 0 Å². The summed E-state index contributed by atoms with van der Waals surface area (Å²) >= 11 is 12.0. The van der Waals surface area contributed by atoms with Gasteiger partial charge in [-0.05, 0) is 56.5 Å². The van der Waals surface area contributed by atoms with E-state index in [4.69, 9.17) is 23.2 Å². The van der Waals surface area contributed by atoms with Crippen molar-refractivity contribution in [2.75, 3.05) is 26.2 Å². The van der Waals surface area contributed by atoms with Gasteiger partial charge in [-0.25, -0.2) is 0 Å². The molecule has 0 aromatic heterocycles. The van der Waals surface area contributed by atoms with Gasteiger partial charge in [-0.1, -0.05) is 30.1 Å². The van der Waals surface area contributed by atoms with E-state index in [0.29, 0.717) is 21.5 Å². The topological polar surface area (TPSA) is 32.3 Å². The highest BCUT2D eigenvalue weighted by Gasteiger charge is 2.21. The zero-order chi connectivity index (χ0) is 15.2. The molecule has 1 atom stereocenters. The van der Waals surface area contributed by atoms with Crippen LogP contribution in [0.4, 0.5) is 0 Å². The van der Waals surface area contributed by atoms with Gasteiger partial charge in [-0.2, -0.15) is 0 Å². The molecule has 2 rings (SSSR count). The number of nitrogens with one attached hydrogen (secondary N) is 1. The highest BCUT2D eigenvalue weighted by molar-refractivity contribution is 6.35. The summed E-state index contributed by atoms with van der Waals surface area (Å²) in [5.74, 6) is 0.552. The number of hydrogen-bond acceptors (Lipinski definition) is 2. The van der Waals surface area contributed by atoms with Crippen molar-refractivity contribution in [3.05, 3.63) is 33.8 Å². The largest absolute Gasteiger partial charge is 0.338 e. The zero-order valence-corrected chi connectivity index (χ0v) is 13.9. The number of carbonyl (C=O) groups excluding carboxylic acids is 1. The molecule has 0 spiro atoms. The molecule has 0 bridgehead atoms. The van der Waals surface area contributed by atoms with Gasteiger partial charge >= 0.3 is 0 Å². The Bertz CT molecular complexity index is 467. The first kappa shape index (κ1) is 16.6. The van der Waals surface area contributed by atoms with E-state index in [-0.39, 0.29) is 5.91 Å². The van der Waals surface area contributed by atoms with Crippen LogP contribution in [0.15, 0.2) is 18.2 Å². The standard InChI is InChI=1S/C16H22Cl2N2O/c1-2-6-20(11-12-4-3-5-19-10-12)16(21)13-7-14(17)9-15(18)8-13/h7-9,12,19H,2-6,10-11H2,1H3. The predicted octanol–water partition coefficient (Wildman–Crippen LogP) is 3.85. The maximum atomic E-state index is 12.7. The molecule has 1 unspecified atom stereocenters. The molecule has 0 radical (unpaired) electrons. The van der Waals surface area contributed by atoms with Crippen molar-refractivity contribution in [3.8, 4) is 0 Å². The van der Waals surface area contributed by atoms with Crippen LogP contribution in [0.1, 0.15) is 36.5 Å². The molecular weight excluding hydrogens is 307 g/mol. The molecule has 1 aliphatic rings. The Hall–Kier alpha value is -0.770. The fourth-order valence-electron chi connectivity index (χ4n) is 2.80. The summed E-state index contributed by atoms with van der Waals surface area (Å²) < 4.78 is 0. The predicted molar refractivity (Wildman–Crippen MR) is 88.3 cm³/mol. The normalized spacial score (nSPS) is 18.5. The minimum atomic E-state index is 0.0202. The minimum Gasteiger partial charge on any atom is -0.338 e.